The number of carbonyl (C=O) groups excluding carboxylic acids is 1. The molecule has 43 heavy (non-hydrogen) atoms. The largest absolute Gasteiger partial charge is 0.378 e. The number of aromatic nitrogens is 4. The average Bonchev–Trinajstić information content (AvgIpc) is 3.50. The fourth-order valence-corrected chi connectivity index (χ4v) is 3.67. The molecule has 4 heterocycles. The maximum absolute atomic E-state index is 10.5. The Morgan fingerprint density at radius 3 is 1.26 bits per heavy atom. The van der Waals surface area contributed by atoms with Crippen molar-refractivity contribution in [2.24, 2.45) is 7.05 Å². The van der Waals surface area contributed by atoms with Crippen molar-refractivity contribution in [3.05, 3.63) is 96.3 Å². The Kier molecular flexibility index (Phi) is 16.8. The van der Waals surface area contributed by atoms with Gasteiger partial charge in [-0.3, -0.25) is 19.4 Å². The fraction of sp³-hybridized carbons (Fsp3) is 0.412. The molecule has 5 rings (SSSR count). The van der Waals surface area contributed by atoms with Crippen LogP contribution in [-0.4, -0.2) is 86.4 Å². The number of nitrogens with zero attached hydrogens (tertiary/aromatic N) is 8. The first-order chi connectivity index (χ1) is 20.3. The van der Waals surface area contributed by atoms with Gasteiger partial charge in [0.2, 0.25) is 5.91 Å². The van der Waals surface area contributed by atoms with Gasteiger partial charge in [-0.25, -0.2) is 0 Å². The van der Waals surface area contributed by atoms with E-state index in [0.717, 1.165) is 25.1 Å². The monoisotopic (exact) mass is 588 g/mol. The molecule has 9 heteroatoms. The van der Waals surface area contributed by atoms with Crippen LogP contribution in [-0.2, 0) is 11.8 Å². The molecular formula is C34H52N8O. The Hall–Kier alpha value is -4.40. The number of carbonyl (C=O) groups is 1. The standard InChI is InChI=1S/C8H11N.2C7H10N2.C7H12N2.C5H9NO/c1-9(2)8-6-4-3-5-7-8;2*1-9(2)7-3-5-8-6-4-7;1-5-6(2)8-9(4)7(5)3;1-6-4-2-3-5(6)7/h3-7H,1-2H3;2*3-6H,1-2H3;1-4H3;2-4H2,1H3. The second-order valence-corrected chi connectivity index (χ2v) is 10.8. The number of anilines is 3. The first-order valence-corrected chi connectivity index (χ1v) is 14.4. The van der Waals surface area contributed by atoms with Gasteiger partial charge < -0.3 is 19.6 Å². The molecule has 4 aromatic rings. The van der Waals surface area contributed by atoms with Gasteiger partial charge in [0.15, 0.2) is 0 Å². The van der Waals surface area contributed by atoms with Crippen molar-refractivity contribution in [2.75, 3.05) is 70.6 Å². The van der Waals surface area contributed by atoms with E-state index in [4.69, 9.17) is 0 Å². The summed E-state index contributed by atoms with van der Waals surface area (Å²) in [6.07, 6.45) is 8.96. The zero-order chi connectivity index (χ0) is 32.4. The number of aryl methyl sites for hydroxylation is 2. The smallest absolute Gasteiger partial charge is 0.222 e. The first-order valence-electron chi connectivity index (χ1n) is 14.4. The van der Waals surface area contributed by atoms with E-state index in [0.29, 0.717) is 5.91 Å². The van der Waals surface area contributed by atoms with Gasteiger partial charge in [-0.1, -0.05) is 18.2 Å². The summed E-state index contributed by atoms with van der Waals surface area (Å²) in [6, 6.07) is 18.2. The van der Waals surface area contributed by atoms with Crippen molar-refractivity contribution in [3.63, 3.8) is 0 Å². The summed E-state index contributed by atoms with van der Waals surface area (Å²) in [4.78, 5) is 26.2. The number of para-hydroxylation sites is 1. The molecule has 3 aromatic heterocycles. The number of benzene rings is 1. The minimum absolute atomic E-state index is 0.292. The van der Waals surface area contributed by atoms with Crippen LogP contribution < -0.4 is 14.7 Å². The van der Waals surface area contributed by atoms with Crippen LogP contribution >= 0.6 is 0 Å². The van der Waals surface area contributed by atoms with E-state index in [1.165, 1.54) is 28.3 Å². The van der Waals surface area contributed by atoms with E-state index < -0.39 is 0 Å². The van der Waals surface area contributed by atoms with Crippen LogP contribution in [0.25, 0.3) is 0 Å². The van der Waals surface area contributed by atoms with E-state index in [9.17, 15) is 4.79 Å². The van der Waals surface area contributed by atoms with E-state index in [2.05, 4.69) is 45.9 Å². The van der Waals surface area contributed by atoms with Crippen LogP contribution in [0.3, 0.4) is 0 Å². The Balaban J connectivity index is 0.000000269. The number of hydrogen-bond donors (Lipinski definition) is 0. The van der Waals surface area contributed by atoms with Gasteiger partial charge in [-0.05, 0) is 69.2 Å². The predicted molar refractivity (Wildman–Crippen MR) is 182 cm³/mol. The lowest BCUT2D eigenvalue weighted by Gasteiger charge is -2.10. The molecule has 9 nitrogen and oxygen atoms in total. The molecule has 1 saturated heterocycles. The van der Waals surface area contributed by atoms with Crippen LogP contribution in [0, 0.1) is 20.8 Å². The Morgan fingerprint density at radius 2 is 1.07 bits per heavy atom. The third-order valence-corrected chi connectivity index (χ3v) is 6.81. The molecule has 0 atom stereocenters. The molecule has 0 aliphatic carbocycles. The normalized spacial score (nSPS) is 11.3. The highest BCUT2D eigenvalue weighted by atomic mass is 16.2. The van der Waals surface area contributed by atoms with Gasteiger partial charge in [-0.2, -0.15) is 5.10 Å². The first kappa shape index (κ1) is 36.6. The molecule has 1 amide bonds. The molecule has 0 spiro atoms. The minimum Gasteiger partial charge on any atom is -0.378 e. The van der Waals surface area contributed by atoms with Gasteiger partial charge >= 0.3 is 0 Å². The van der Waals surface area contributed by atoms with E-state index in [1.807, 2.05) is 120 Å². The van der Waals surface area contributed by atoms with Crippen molar-refractivity contribution in [3.8, 4) is 0 Å². The van der Waals surface area contributed by atoms with Crippen LogP contribution in [0.1, 0.15) is 29.8 Å². The molecule has 1 fully saturated rings. The second kappa shape index (κ2) is 19.7. The lowest BCUT2D eigenvalue weighted by atomic mass is 10.2. The number of likely N-dealkylation sites (tertiary alicyclic amines) is 1. The number of pyridine rings is 2. The van der Waals surface area contributed by atoms with Crippen molar-refractivity contribution < 1.29 is 4.79 Å². The highest BCUT2D eigenvalue weighted by molar-refractivity contribution is 5.77. The predicted octanol–water partition coefficient (Wildman–Crippen LogP) is 5.63. The number of hydrogen-bond acceptors (Lipinski definition) is 7. The molecular weight excluding hydrogens is 536 g/mol. The van der Waals surface area contributed by atoms with Crippen molar-refractivity contribution >= 4 is 23.0 Å². The molecule has 1 aliphatic heterocycles. The van der Waals surface area contributed by atoms with Crippen LogP contribution in [0.2, 0.25) is 0 Å². The summed E-state index contributed by atoms with van der Waals surface area (Å²) < 4.78 is 1.91. The minimum atomic E-state index is 0.292. The summed E-state index contributed by atoms with van der Waals surface area (Å²) in [5.74, 6) is 0.292. The topological polar surface area (TPSA) is 73.6 Å². The summed E-state index contributed by atoms with van der Waals surface area (Å²) in [5.41, 5.74) is 7.31. The van der Waals surface area contributed by atoms with Crippen molar-refractivity contribution in [2.45, 2.75) is 33.6 Å². The number of amides is 1. The summed E-state index contributed by atoms with van der Waals surface area (Å²) in [6.45, 7) is 7.16. The zero-order valence-electron chi connectivity index (χ0n) is 28.1. The van der Waals surface area contributed by atoms with Gasteiger partial charge in [-0.15, -0.1) is 0 Å². The van der Waals surface area contributed by atoms with Crippen molar-refractivity contribution in [1.29, 1.82) is 0 Å². The Labute approximate surface area is 259 Å². The third kappa shape index (κ3) is 14.4. The molecule has 1 aromatic carbocycles. The van der Waals surface area contributed by atoms with Crippen LogP contribution in [0.4, 0.5) is 17.1 Å². The zero-order valence-corrected chi connectivity index (χ0v) is 28.1. The van der Waals surface area contributed by atoms with Crippen LogP contribution in [0.5, 0.6) is 0 Å². The number of rotatable bonds is 3. The SMILES string of the molecule is CN(C)c1ccccc1.CN(C)c1ccncc1.CN(C)c1ccncc1.CN1CCCC1=O.Cc1nn(C)c(C)c1C. The van der Waals surface area contributed by atoms with Crippen molar-refractivity contribution in [1.82, 2.24) is 24.6 Å². The molecule has 234 valence electrons. The molecule has 0 unspecified atom stereocenters. The van der Waals surface area contributed by atoms with E-state index in [-0.39, 0.29) is 0 Å². The lowest BCUT2D eigenvalue weighted by molar-refractivity contribution is -0.126. The molecule has 0 bridgehead atoms. The second-order valence-electron chi connectivity index (χ2n) is 10.8. The summed E-state index contributed by atoms with van der Waals surface area (Å²) in [5, 5.41) is 4.23. The molecule has 0 saturated carbocycles. The average molecular weight is 589 g/mol. The Morgan fingerprint density at radius 1 is 0.651 bits per heavy atom. The highest BCUT2D eigenvalue weighted by Gasteiger charge is 2.14. The Bertz CT molecular complexity index is 1160. The maximum atomic E-state index is 10.5. The molecule has 1 aliphatic rings. The van der Waals surface area contributed by atoms with E-state index >= 15 is 0 Å². The van der Waals surface area contributed by atoms with Gasteiger partial charge in [0, 0.05) is 117 Å². The third-order valence-electron chi connectivity index (χ3n) is 6.81. The van der Waals surface area contributed by atoms with E-state index in [1.54, 1.807) is 29.7 Å². The lowest BCUT2D eigenvalue weighted by Crippen LogP contribution is -2.17. The fourth-order valence-electron chi connectivity index (χ4n) is 3.67. The quantitative estimate of drug-likeness (QED) is 0.307. The molecule has 0 radical (unpaired) electrons. The summed E-state index contributed by atoms with van der Waals surface area (Å²) in [7, 11) is 15.9. The highest BCUT2D eigenvalue weighted by Crippen LogP contribution is 2.09. The molecule has 0 N–H and O–H groups in total. The van der Waals surface area contributed by atoms with Crippen LogP contribution in [0.15, 0.2) is 79.4 Å². The summed E-state index contributed by atoms with van der Waals surface area (Å²) >= 11 is 0. The van der Waals surface area contributed by atoms with Gasteiger partial charge in [0.1, 0.15) is 0 Å². The van der Waals surface area contributed by atoms with Gasteiger partial charge in [0.25, 0.3) is 0 Å². The van der Waals surface area contributed by atoms with Gasteiger partial charge in [0.05, 0.1) is 5.69 Å². The maximum Gasteiger partial charge on any atom is 0.222 e.